The maximum Gasteiger partial charge on any atom is 0.349 e. The number of esters is 1. The van der Waals surface area contributed by atoms with Crippen molar-refractivity contribution in [2.24, 2.45) is 0 Å². The zero-order valence-corrected chi connectivity index (χ0v) is 10.3. The Labute approximate surface area is 102 Å². The van der Waals surface area contributed by atoms with Gasteiger partial charge < -0.3 is 9.64 Å². The van der Waals surface area contributed by atoms with Gasteiger partial charge in [0.25, 0.3) is 0 Å². The highest BCUT2D eigenvalue weighted by Gasteiger charge is 2.13. The molecule has 2 aromatic heterocycles. The van der Waals surface area contributed by atoms with Gasteiger partial charge in [-0.3, -0.25) is 5.10 Å². The molecule has 0 aliphatic rings. The molecule has 2 rings (SSSR count). The lowest BCUT2D eigenvalue weighted by molar-refractivity contribution is 0.0606. The molecule has 0 aliphatic heterocycles. The first-order chi connectivity index (χ1) is 8.20. The van der Waals surface area contributed by atoms with Gasteiger partial charge in [-0.2, -0.15) is 5.10 Å². The summed E-state index contributed by atoms with van der Waals surface area (Å²) in [7, 11) is 3.27. The Kier molecular flexibility index (Phi) is 3.38. The number of rotatable bonds is 4. The maximum absolute atomic E-state index is 11.3. The van der Waals surface area contributed by atoms with Crippen LogP contribution in [-0.4, -0.2) is 35.3 Å². The molecule has 2 heterocycles. The van der Waals surface area contributed by atoms with E-state index >= 15 is 0 Å². The van der Waals surface area contributed by atoms with Crippen LogP contribution in [0, 0.1) is 0 Å². The fraction of sp³-hybridized carbons (Fsp3) is 0.300. The monoisotopic (exact) mass is 252 g/mol. The minimum atomic E-state index is -0.356. The highest BCUT2D eigenvalue weighted by molar-refractivity contribution is 7.17. The molecule has 0 spiro atoms. The lowest BCUT2D eigenvalue weighted by Crippen LogP contribution is -2.15. The molecule has 0 aromatic carbocycles. The van der Waals surface area contributed by atoms with Crippen molar-refractivity contribution in [2.45, 2.75) is 6.54 Å². The lowest BCUT2D eigenvalue weighted by Gasteiger charge is -2.13. The molecule has 1 N–H and O–H groups in total. The summed E-state index contributed by atoms with van der Waals surface area (Å²) in [5.74, 6) is -0.356. The Hall–Kier alpha value is -1.89. The number of carbonyl (C=O) groups excluding carboxylic acids is 1. The summed E-state index contributed by atoms with van der Waals surface area (Å²) in [5, 5.41) is 7.39. The second kappa shape index (κ2) is 4.96. The Balaban J connectivity index is 2.07. The number of nitrogens with one attached hydrogen (secondary N) is 1. The third kappa shape index (κ3) is 2.62. The van der Waals surface area contributed by atoms with Gasteiger partial charge in [0.05, 0.1) is 19.5 Å². The van der Waals surface area contributed by atoms with Crippen LogP contribution in [0.4, 0.5) is 5.13 Å². The van der Waals surface area contributed by atoms with E-state index in [-0.39, 0.29) is 5.97 Å². The van der Waals surface area contributed by atoms with E-state index in [1.807, 2.05) is 18.1 Å². The van der Waals surface area contributed by atoms with Gasteiger partial charge in [-0.05, 0) is 0 Å². The fourth-order valence-corrected chi connectivity index (χ4v) is 2.14. The van der Waals surface area contributed by atoms with Crippen molar-refractivity contribution in [1.82, 2.24) is 15.2 Å². The number of ether oxygens (including phenoxy) is 1. The van der Waals surface area contributed by atoms with Crippen LogP contribution >= 0.6 is 11.3 Å². The quantitative estimate of drug-likeness (QED) is 0.830. The van der Waals surface area contributed by atoms with Crippen LogP contribution in [0.15, 0.2) is 18.6 Å². The van der Waals surface area contributed by atoms with Gasteiger partial charge >= 0.3 is 5.97 Å². The van der Waals surface area contributed by atoms with Gasteiger partial charge in [0.1, 0.15) is 4.88 Å². The number of H-pyrrole nitrogens is 1. The minimum absolute atomic E-state index is 0.356. The smallest absolute Gasteiger partial charge is 0.349 e. The topological polar surface area (TPSA) is 71.1 Å². The molecule has 0 atom stereocenters. The molecule has 90 valence electrons. The van der Waals surface area contributed by atoms with Crippen LogP contribution in [0.3, 0.4) is 0 Å². The lowest BCUT2D eigenvalue weighted by atomic mass is 10.3. The standard InChI is InChI=1S/C10H12N4O2S/c1-14(6-7-3-12-13-4-7)10-11-5-8(17-10)9(15)16-2/h3-5H,6H2,1-2H3,(H,12,13). The van der Waals surface area contributed by atoms with E-state index in [2.05, 4.69) is 19.9 Å². The van der Waals surface area contributed by atoms with Crippen molar-refractivity contribution in [2.75, 3.05) is 19.1 Å². The Morgan fingerprint density at radius 1 is 1.59 bits per heavy atom. The predicted octanol–water partition coefficient (Wildman–Crippen LogP) is 1.29. The van der Waals surface area contributed by atoms with Crippen molar-refractivity contribution in [3.63, 3.8) is 0 Å². The third-order valence-corrected chi connectivity index (χ3v) is 3.27. The number of aromatic amines is 1. The number of hydrogen-bond acceptors (Lipinski definition) is 6. The molecule has 0 saturated carbocycles. The van der Waals surface area contributed by atoms with Crippen LogP contribution in [-0.2, 0) is 11.3 Å². The molecule has 6 nitrogen and oxygen atoms in total. The first-order valence-electron chi connectivity index (χ1n) is 4.93. The van der Waals surface area contributed by atoms with Gasteiger partial charge in [0, 0.05) is 25.4 Å². The second-order valence-corrected chi connectivity index (χ2v) is 4.47. The molecule has 2 aromatic rings. The second-order valence-electron chi connectivity index (χ2n) is 3.46. The van der Waals surface area contributed by atoms with E-state index in [1.165, 1.54) is 24.6 Å². The summed E-state index contributed by atoms with van der Waals surface area (Å²) < 4.78 is 4.63. The number of aromatic nitrogens is 3. The highest BCUT2D eigenvalue weighted by atomic mass is 32.1. The van der Waals surface area contributed by atoms with E-state index in [1.54, 1.807) is 6.20 Å². The summed E-state index contributed by atoms with van der Waals surface area (Å²) in [6.45, 7) is 0.685. The summed E-state index contributed by atoms with van der Waals surface area (Å²) >= 11 is 1.31. The van der Waals surface area contributed by atoms with Crippen molar-refractivity contribution in [3.05, 3.63) is 29.0 Å². The van der Waals surface area contributed by atoms with Crippen LogP contribution in [0.25, 0.3) is 0 Å². The van der Waals surface area contributed by atoms with Gasteiger partial charge in [-0.1, -0.05) is 11.3 Å². The highest BCUT2D eigenvalue weighted by Crippen LogP contribution is 2.23. The average Bonchev–Trinajstić information content (AvgIpc) is 2.98. The zero-order valence-electron chi connectivity index (χ0n) is 9.51. The molecule has 0 unspecified atom stereocenters. The van der Waals surface area contributed by atoms with Crippen molar-refractivity contribution in [1.29, 1.82) is 0 Å². The number of carbonyl (C=O) groups is 1. The number of nitrogens with zero attached hydrogens (tertiary/aromatic N) is 3. The number of methoxy groups -OCH3 is 1. The van der Waals surface area contributed by atoms with Crippen LogP contribution in [0.1, 0.15) is 15.2 Å². The minimum Gasteiger partial charge on any atom is -0.465 e. The van der Waals surface area contributed by atoms with E-state index in [0.717, 1.165) is 10.7 Å². The Morgan fingerprint density at radius 3 is 3.06 bits per heavy atom. The summed E-state index contributed by atoms with van der Waals surface area (Å²) in [4.78, 5) is 17.9. The van der Waals surface area contributed by atoms with Gasteiger partial charge in [0.2, 0.25) is 0 Å². The molecule has 0 radical (unpaired) electrons. The summed E-state index contributed by atoms with van der Waals surface area (Å²) in [5.41, 5.74) is 1.06. The predicted molar refractivity (Wildman–Crippen MR) is 64.1 cm³/mol. The van der Waals surface area contributed by atoms with Crippen LogP contribution < -0.4 is 4.90 Å². The zero-order chi connectivity index (χ0) is 12.3. The molecule has 0 aliphatic carbocycles. The van der Waals surface area contributed by atoms with E-state index in [4.69, 9.17) is 0 Å². The average molecular weight is 252 g/mol. The third-order valence-electron chi connectivity index (χ3n) is 2.18. The van der Waals surface area contributed by atoms with Crippen molar-refractivity contribution in [3.8, 4) is 0 Å². The molecule has 17 heavy (non-hydrogen) atoms. The largest absolute Gasteiger partial charge is 0.465 e. The normalized spacial score (nSPS) is 10.2. The molecule has 7 heteroatoms. The van der Waals surface area contributed by atoms with Crippen molar-refractivity contribution >= 4 is 22.4 Å². The molecule has 0 amide bonds. The maximum atomic E-state index is 11.3. The summed E-state index contributed by atoms with van der Waals surface area (Å²) in [6.07, 6.45) is 5.11. The number of thiazole rings is 1. The Bertz CT molecular complexity index is 494. The summed E-state index contributed by atoms with van der Waals surface area (Å²) in [6, 6.07) is 0. The molecule has 0 saturated heterocycles. The molecule has 0 fully saturated rings. The molecular weight excluding hydrogens is 240 g/mol. The fourth-order valence-electron chi connectivity index (χ4n) is 1.34. The molecule has 0 bridgehead atoms. The first-order valence-corrected chi connectivity index (χ1v) is 5.75. The Morgan fingerprint density at radius 2 is 2.41 bits per heavy atom. The van der Waals surface area contributed by atoms with Gasteiger partial charge in [0.15, 0.2) is 5.13 Å². The van der Waals surface area contributed by atoms with Crippen molar-refractivity contribution < 1.29 is 9.53 Å². The first kappa shape index (κ1) is 11.6. The number of anilines is 1. The van der Waals surface area contributed by atoms with E-state index < -0.39 is 0 Å². The van der Waals surface area contributed by atoms with E-state index in [9.17, 15) is 4.79 Å². The SMILES string of the molecule is COC(=O)c1cnc(N(C)Cc2cn[nH]c2)s1. The van der Waals surface area contributed by atoms with Crippen LogP contribution in [0.5, 0.6) is 0 Å². The van der Waals surface area contributed by atoms with Gasteiger partial charge in [-0.25, -0.2) is 9.78 Å². The van der Waals surface area contributed by atoms with Crippen LogP contribution in [0.2, 0.25) is 0 Å². The van der Waals surface area contributed by atoms with Gasteiger partial charge in [-0.15, -0.1) is 0 Å². The van der Waals surface area contributed by atoms with E-state index in [0.29, 0.717) is 11.4 Å². The number of hydrogen-bond donors (Lipinski definition) is 1. The molecular formula is C10H12N4O2S.